The zero-order valence-corrected chi connectivity index (χ0v) is 15.2. The zero-order valence-electron chi connectivity index (χ0n) is 15.2. The number of benzene rings is 2. The third-order valence-corrected chi connectivity index (χ3v) is 4.08. The first-order valence-electron chi connectivity index (χ1n) is 8.65. The molecule has 0 fully saturated rings. The average molecular weight is 387 g/mol. The van der Waals surface area contributed by atoms with Gasteiger partial charge in [0.2, 0.25) is 0 Å². The second kappa shape index (κ2) is 8.60. The van der Waals surface area contributed by atoms with Crippen LogP contribution in [-0.4, -0.2) is 22.8 Å². The van der Waals surface area contributed by atoms with Crippen LogP contribution in [0, 0.1) is 0 Å². The second-order valence-corrected chi connectivity index (χ2v) is 6.10. The molecule has 28 heavy (non-hydrogen) atoms. The molecule has 8 heteroatoms. The molecule has 0 spiro atoms. The third kappa shape index (κ3) is 5.12. The number of halogens is 3. The molecule has 5 nitrogen and oxygen atoms in total. The van der Waals surface area contributed by atoms with Crippen molar-refractivity contribution in [2.24, 2.45) is 4.99 Å². The summed E-state index contributed by atoms with van der Waals surface area (Å²) < 4.78 is 40.2. The van der Waals surface area contributed by atoms with Gasteiger partial charge < -0.3 is 10.6 Å². The minimum Gasteiger partial charge on any atom is -0.352 e. The highest BCUT2D eigenvalue weighted by Gasteiger charge is 2.30. The van der Waals surface area contributed by atoms with Gasteiger partial charge in [0, 0.05) is 32.5 Å². The van der Waals surface area contributed by atoms with E-state index in [1.165, 1.54) is 6.07 Å². The molecular formula is C20H20F3N5. The Morgan fingerprint density at radius 3 is 2.29 bits per heavy atom. The fourth-order valence-corrected chi connectivity index (χ4v) is 2.68. The normalized spacial score (nSPS) is 12.1. The summed E-state index contributed by atoms with van der Waals surface area (Å²) in [7, 11) is 1.61. The number of rotatable bonds is 5. The van der Waals surface area contributed by atoms with Gasteiger partial charge in [-0.05, 0) is 41.5 Å². The lowest BCUT2D eigenvalue weighted by atomic mass is 10.1. The third-order valence-electron chi connectivity index (χ3n) is 4.08. The van der Waals surface area contributed by atoms with Gasteiger partial charge in [0.15, 0.2) is 5.96 Å². The van der Waals surface area contributed by atoms with Crippen molar-refractivity contribution in [3.63, 3.8) is 0 Å². The summed E-state index contributed by atoms with van der Waals surface area (Å²) in [6, 6.07) is 14.9. The van der Waals surface area contributed by atoms with E-state index in [1.807, 2.05) is 36.5 Å². The molecule has 0 aliphatic carbocycles. The molecule has 0 radical (unpaired) electrons. The molecule has 0 saturated carbocycles. The summed E-state index contributed by atoms with van der Waals surface area (Å²) in [4.78, 5) is 4.12. The van der Waals surface area contributed by atoms with Crippen LogP contribution in [-0.2, 0) is 19.3 Å². The Balaban J connectivity index is 1.58. The van der Waals surface area contributed by atoms with Crippen molar-refractivity contribution in [3.8, 4) is 5.69 Å². The molecule has 0 bridgehead atoms. The van der Waals surface area contributed by atoms with Gasteiger partial charge in [-0.3, -0.25) is 4.99 Å². The van der Waals surface area contributed by atoms with E-state index in [0.717, 1.165) is 23.4 Å². The molecule has 1 aromatic heterocycles. The number of hydrogen-bond acceptors (Lipinski definition) is 2. The van der Waals surface area contributed by atoms with E-state index in [9.17, 15) is 13.2 Å². The molecule has 0 atom stereocenters. The Morgan fingerprint density at radius 2 is 1.68 bits per heavy atom. The highest BCUT2D eigenvalue weighted by molar-refractivity contribution is 5.79. The minimum atomic E-state index is -4.35. The van der Waals surface area contributed by atoms with Crippen molar-refractivity contribution in [1.29, 1.82) is 0 Å². The summed E-state index contributed by atoms with van der Waals surface area (Å²) in [5.74, 6) is 0.502. The maximum absolute atomic E-state index is 12.8. The molecular weight excluding hydrogens is 367 g/mol. The molecule has 146 valence electrons. The van der Waals surface area contributed by atoms with Crippen LogP contribution in [0.15, 0.2) is 72.0 Å². The number of aliphatic imine (C=N–C) groups is 1. The van der Waals surface area contributed by atoms with E-state index in [-0.39, 0.29) is 6.54 Å². The van der Waals surface area contributed by atoms with Crippen LogP contribution in [0.3, 0.4) is 0 Å². The van der Waals surface area contributed by atoms with Gasteiger partial charge in [0.25, 0.3) is 0 Å². The van der Waals surface area contributed by atoms with Crippen molar-refractivity contribution in [3.05, 3.63) is 83.7 Å². The van der Waals surface area contributed by atoms with Crippen molar-refractivity contribution in [2.45, 2.75) is 19.3 Å². The van der Waals surface area contributed by atoms with Gasteiger partial charge in [-0.25, -0.2) is 4.68 Å². The fraction of sp³-hybridized carbons (Fsp3) is 0.200. The Kier molecular flexibility index (Phi) is 5.98. The largest absolute Gasteiger partial charge is 0.416 e. The Bertz CT molecular complexity index is 933. The molecule has 2 N–H and O–H groups in total. The number of hydrogen-bond donors (Lipinski definition) is 2. The van der Waals surface area contributed by atoms with Gasteiger partial charge in [-0.1, -0.05) is 24.3 Å². The van der Waals surface area contributed by atoms with Crippen molar-refractivity contribution in [1.82, 2.24) is 20.4 Å². The molecule has 0 aliphatic heterocycles. The molecule has 0 unspecified atom stereocenters. The zero-order chi connectivity index (χ0) is 20.0. The Labute approximate surface area is 160 Å². The topological polar surface area (TPSA) is 54.2 Å². The quantitative estimate of drug-likeness (QED) is 0.518. The first-order chi connectivity index (χ1) is 13.5. The number of alkyl halides is 3. The predicted molar refractivity (Wildman–Crippen MR) is 102 cm³/mol. The van der Waals surface area contributed by atoms with Gasteiger partial charge in [0.1, 0.15) is 0 Å². The average Bonchev–Trinajstić information content (AvgIpc) is 3.23. The summed E-state index contributed by atoms with van der Waals surface area (Å²) in [5.41, 5.74) is 1.83. The molecule has 2 aromatic carbocycles. The van der Waals surface area contributed by atoms with Crippen LogP contribution in [0.1, 0.15) is 16.7 Å². The lowest BCUT2D eigenvalue weighted by Crippen LogP contribution is -2.36. The summed E-state index contributed by atoms with van der Waals surface area (Å²) in [5, 5.41) is 10.4. The maximum atomic E-state index is 12.8. The standard InChI is InChI=1S/C20H20F3N5/c1-24-19(25-13-15-5-2-7-17(11-15)20(21,22)23)26-14-16-6-3-8-18(12-16)28-10-4-9-27-28/h2-12H,13-14H2,1H3,(H2,24,25,26). The van der Waals surface area contributed by atoms with Crippen LogP contribution >= 0.6 is 0 Å². The van der Waals surface area contributed by atoms with Crippen LogP contribution in [0.2, 0.25) is 0 Å². The number of nitrogens with zero attached hydrogens (tertiary/aromatic N) is 3. The predicted octanol–water partition coefficient (Wildman–Crippen LogP) is 3.76. The SMILES string of the molecule is CN=C(NCc1cccc(-n2cccn2)c1)NCc1cccc(C(F)(F)F)c1. The second-order valence-electron chi connectivity index (χ2n) is 6.10. The Hall–Kier alpha value is -3.29. The van der Waals surface area contributed by atoms with E-state index < -0.39 is 11.7 Å². The van der Waals surface area contributed by atoms with Gasteiger partial charge in [0.05, 0.1) is 11.3 Å². The summed E-state index contributed by atoms with van der Waals surface area (Å²) in [6.07, 6.45) is -0.776. The van der Waals surface area contributed by atoms with Gasteiger partial charge in [-0.2, -0.15) is 18.3 Å². The minimum absolute atomic E-state index is 0.233. The maximum Gasteiger partial charge on any atom is 0.416 e. The Morgan fingerprint density at radius 1 is 1.00 bits per heavy atom. The molecule has 3 aromatic rings. The fourth-order valence-electron chi connectivity index (χ4n) is 2.68. The lowest BCUT2D eigenvalue weighted by Gasteiger charge is -2.14. The van der Waals surface area contributed by atoms with Gasteiger partial charge >= 0.3 is 6.18 Å². The van der Waals surface area contributed by atoms with Gasteiger partial charge in [-0.15, -0.1) is 0 Å². The van der Waals surface area contributed by atoms with Crippen molar-refractivity contribution < 1.29 is 13.2 Å². The van der Waals surface area contributed by atoms with Crippen LogP contribution in [0.4, 0.5) is 13.2 Å². The van der Waals surface area contributed by atoms with E-state index >= 15 is 0 Å². The summed E-state index contributed by atoms with van der Waals surface area (Å²) in [6.45, 7) is 0.744. The molecule has 1 heterocycles. The first-order valence-corrected chi connectivity index (χ1v) is 8.65. The lowest BCUT2D eigenvalue weighted by molar-refractivity contribution is -0.137. The smallest absolute Gasteiger partial charge is 0.352 e. The van der Waals surface area contributed by atoms with E-state index in [2.05, 4.69) is 20.7 Å². The number of nitrogens with one attached hydrogen (secondary N) is 2. The molecule has 3 rings (SSSR count). The number of guanidine groups is 1. The monoisotopic (exact) mass is 387 g/mol. The van der Waals surface area contributed by atoms with Crippen molar-refractivity contribution in [2.75, 3.05) is 7.05 Å². The molecule has 0 aliphatic rings. The molecule has 0 amide bonds. The van der Waals surface area contributed by atoms with E-state index in [1.54, 1.807) is 24.0 Å². The highest BCUT2D eigenvalue weighted by Crippen LogP contribution is 2.29. The van der Waals surface area contributed by atoms with E-state index in [0.29, 0.717) is 18.1 Å². The highest BCUT2D eigenvalue weighted by atomic mass is 19.4. The van der Waals surface area contributed by atoms with Crippen molar-refractivity contribution >= 4 is 5.96 Å². The van der Waals surface area contributed by atoms with Crippen LogP contribution in [0.25, 0.3) is 5.69 Å². The summed E-state index contributed by atoms with van der Waals surface area (Å²) >= 11 is 0. The molecule has 0 saturated heterocycles. The van der Waals surface area contributed by atoms with Crippen LogP contribution in [0.5, 0.6) is 0 Å². The van der Waals surface area contributed by atoms with E-state index in [4.69, 9.17) is 0 Å². The first kappa shape index (κ1) is 19.5. The number of aromatic nitrogens is 2. The van der Waals surface area contributed by atoms with Crippen LogP contribution < -0.4 is 10.6 Å².